The lowest BCUT2D eigenvalue weighted by atomic mass is 9.98. The van der Waals surface area contributed by atoms with E-state index >= 15 is 0 Å². The van der Waals surface area contributed by atoms with Gasteiger partial charge in [0.05, 0.1) is 11.0 Å². The number of hydrogen-bond acceptors (Lipinski definition) is 5. The minimum Gasteiger partial charge on any atom is -0.462 e. The smallest absolute Gasteiger partial charge is 0.323 e. The third-order valence-corrected chi connectivity index (χ3v) is 3.68. The van der Waals surface area contributed by atoms with E-state index in [1.54, 1.807) is 6.07 Å². The average Bonchev–Trinajstić information content (AvgIpc) is 2.44. The first kappa shape index (κ1) is 15.4. The number of non-ortho nitro benzene ring substituents is 1. The monoisotopic (exact) mass is 292 g/mol. The molecule has 0 saturated carbocycles. The van der Waals surface area contributed by atoms with Crippen LogP contribution in [0.2, 0.25) is 0 Å². The lowest BCUT2D eigenvalue weighted by Crippen LogP contribution is -2.43. The van der Waals surface area contributed by atoms with Crippen molar-refractivity contribution in [2.45, 2.75) is 45.9 Å². The van der Waals surface area contributed by atoms with Crippen LogP contribution in [0.5, 0.6) is 0 Å². The quantitative estimate of drug-likeness (QED) is 0.483. The van der Waals surface area contributed by atoms with Crippen LogP contribution in [0, 0.1) is 10.1 Å². The predicted octanol–water partition coefficient (Wildman–Crippen LogP) is 2.29. The number of hydrogen-bond donors (Lipinski definition) is 0. The third-order valence-electron chi connectivity index (χ3n) is 3.68. The van der Waals surface area contributed by atoms with Crippen LogP contribution in [-0.2, 0) is 22.5 Å². The second-order valence-electron chi connectivity index (χ2n) is 5.59. The molecule has 2 rings (SSSR count). The molecule has 1 unspecified atom stereocenters. The highest BCUT2D eigenvalue weighted by molar-refractivity contribution is 5.75. The van der Waals surface area contributed by atoms with E-state index in [4.69, 9.17) is 4.74 Å². The van der Waals surface area contributed by atoms with E-state index in [2.05, 4.69) is 0 Å². The van der Waals surface area contributed by atoms with Gasteiger partial charge in [-0.05, 0) is 38.3 Å². The van der Waals surface area contributed by atoms with Crippen LogP contribution in [0.3, 0.4) is 0 Å². The largest absolute Gasteiger partial charge is 0.462 e. The molecule has 0 fully saturated rings. The molecule has 114 valence electrons. The van der Waals surface area contributed by atoms with Crippen molar-refractivity contribution in [3.63, 3.8) is 0 Å². The van der Waals surface area contributed by atoms with E-state index in [0.29, 0.717) is 6.54 Å². The first-order valence-corrected chi connectivity index (χ1v) is 7.09. The number of nitro benzene ring substituents is 1. The van der Waals surface area contributed by atoms with Crippen LogP contribution >= 0.6 is 0 Å². The summed E-state index contributed by atoms with van der Waals surface area (Å²) in [7, 11) is 0. The molecule has 0 aromatic heterocycles. The molecule has 1 aliphatic heterocycles. The molecule has 1 aromatic rings. The number of esters is 1. The van der Waals surface area contributed by atoms with Gasteiger partial charge in [-0.2, -0.15) is 0 Å². The van der Waals surface area contributed by atoms with Crippen LogP contribution in [-0.4, -0.2) is 34.5 Å². The zero-order valence-electron chi connectivity index (χ0n) is 12.5. The SMILES string of the molecule is CC(C)OC(=O)C(C)N1CCc2ccc([N+](=O)[O-])cc2C1. The van der Waals surface area contributed by atoms with E-state index in [-0.39, 0.29) is 23.8 Å². The van der Waals surface area contributed by atoms with Gasteiger partial charge in [-0.25, -0.2) is 0 Å². The summed E-state index contributed by atoms with van der Waals surface area (Å²) in [6.07, 6.45) is 0.644. The predicted molar refractivity (Wildman–Crippen MR) is 77.9 cm³/mol. The molecule has 6 nitrogen and oxygen atoms in total. The molecule has 0 bridgehead atoms. The maximum atomic E-state index is 12.0. The summed E-state index contributed by atoms with van der Waals surface area (Å²) < 4.78 is 5.23. The highest BCUT2D eigenvalue weighted by Crippen LogP contribution is 2.25. The lowest BCUT2D eigenvalue weighted by Gasteiger charge is -2.32. The zero-order valence-corrected chi connectivity index (χ0v) is 12.5. The van der Waals surface area contributed by atoms with Crippen molar-refractivity contribution in [3.05, 3.63) is 39.4 Å². The summed E-state index contributed by atoms with van der Waals surface area (Å²) in [5, 5.41) is 10.8. The Balaban J connectivity index is 2.12. The van der Waals surface area contributed by atoms with Crippen LogP contribution in [0.1, 0.15) is 31.9 Å². The molecule has 1 heterocycles. The summed E-state index contributed by atoms with van der Waals surface area (Å²) in [6, 6.07) is 4.59. The number of carbonyl (C=O) groups is 1. The molecule has 0 saturated heterocycles. The molecule has 1 aliphatic rings. The maximum Gasteiger partial charge on any atom is 0.323 e. The Morgan fingerprint density at radius 2 is 2.05 bits per heavy atom. The van der Waals surface area contributed by atoms with E-state index in [1.807, 2.05) is 31.7 Å². The van der Waals surface area contributed by atoms with Crippen LogP contribution in [0.15, 0.2) is 18.2 Å². The van der Waals surface area contributed by atoms with Crippen molar-refractivity contribution in [2.24, 2.45) is 0 Å². The summed E-state index contributed by atoms with van der Waals surface area (Å²) >= 11 is 0. The normalized spacial score (nSPS) is 16.4. The second kappa shape index (κ2) is 6.22. The van der Waals surface area contributed by atoms with E-state index in [0.717, 1.165) is 24.1 Å². The van der Waals surface area contributed by atoms with Gasteiger partial charge in [-0.15, -0.1) is 0 Å². The van der Waals surface area contributed by atoms with Crippen molar-refractivity contribution < 1.29 is 14.5 Å². The van der Waals surface area contributed by atoms with Gasteiger partial charge in [0, 0.05) is 25.2 Å². The van der Waals surface area contributed by atoms with E-state index in [9.17, 15) is 14.9 Å². The van der Waals surface area contributed by atoms with Gasteiger partial charge in [0.25, 0.3) is 5.69 Å². The van der Waals surface area contributed by atoms with Crippen molar-refractivity contribution >= 4 is 11.7 Å². The summed E-state index contributed by atoms with van der Waals surface area (Å²) in [5.74, 6) is -0.251. The van der Waals surface area contributed by atoms with Gasteiger partial charge in [-0.3, -0.25) is 19.8 Å². The molecule has 0 N–H and O–H groups in total. The molecule has 0 aliphatic carbocycles. The second-order valence-corrected chi connectivity index (χ2v) is 5.59. The first-order valence-electron chi connectivity index (χ1n) is 7.09. The Labute approximate surface area is 123 Å². The number of rotatable bonds is 4. The minimum absolute atomic E-state index is 0.0908. The number of fused-ring (bicyclic) bond motifs is 1. The molecule has 6 heteroatoms. The molecular weight excluding hydrogens is 272 g/mol. The van der Waals surface area contributed by atoms with E-state index in [1.165, 1.54) is 6.07 Å². The Hall–Kier alpha value is -1.95. The summed E-state index contributed by atoms with van der Waals surface area (Å²) in [6.45, 7) is 6.73. The molecule has 1 atom stereocenters. The number of nitro groups is 1. The fourth-order valence-corrected chi connectivity index (χ4v) is 2.49. The van der Waals surface area contributed by atoms with Gasteiger partial charge >= 0.3 is 5.97 Å². The molecule has 0 radical (unpaired) electrons. The first-order chi connectivity index (χ1) is 9.88. The van der Waals surface area contributed by atoms with Crippen LogP contribution < -0.4 is 0 Å². The summed E-state index contributed by atoms with van der Waals surface area (Å²) in [5.41, 5.74) is 2.12. The van der Waals surface area contributed by atoms with Gasteiger partial charge < -0.3 is 4.74 Å². The number of ether oxygens (including phenoxy) is 1. The van der Waals surface area contributed by atoms with Gasteiger partial charge in [0.1, 0.15) is 6.04 Å². The van der Waals surface area contributed by atoms with Gasteiger partial charge in [0.15, 0.2) is 0 Å². The Kier molecular flexibility index (Phi) is 4.57. The Bertz CT molecular complexity index is 557. The molecule has 0 spiro atoms. The number of nitrogens with zero attached hydrogens (tertiary/aromatic N) is 2. The fourth-order valence-electron chi connectivity index (χ4n) is 2.49. The van der Waals surface area contributed by atoms with Crippen LogP contribution in [0.4, 0.5) is 5.69 Å². The summed E-state index contributed by atoms with van der Waals surface area (Å²) in [4.78, 5) is 24.4. The Morgan fingerprint density at radius 1 is 1.33 bits per heavy atom. The molecule has 1 aromatic carbocycles. The number of benzene rings is 1. The van der Waals surface area contributed by atoms with Crippen molar-refractivity contribution in [3.8, 4) is 0 Å². The third kappa shape index (κ3) is 3.58. The highest BCUT2D eigenvalue weighted by atomic mass is 16.6. The standard InChI is InChI=1S/C15H20N2O4/c1-10(2)21-15(18)11(3)16-7-6-12-4-5-14(17(19)20)8-13(12)9-16/h4-5,8,10-11H,6-7,9H2,1-3H3. The van der Waals surface area contributed by atoms with Crippen molar-refractivity contribution in [2.75, 3.05) is 6.54 Å². The highest BCUT2D eigenvalue weighted by Gasteiger charge is 2.27. The lowest BCUT2D eigenvalue weighted by molar-refractivity contribution is -0.385. The minimum atomic E-state index is -0.393. The van der Waals surface area contributed by atoms with Gasteiger partial charge in [-0.1, -0.05) is 6.07 Å². The average molecular weight is 292 g/mol. The van der Waals surface area contributed by atoms with Crippen molar-refractivity contribution in [1.82, 2.24) is 4.90 Å². The Morgan fingerprint density at radius 3 is 2.67 bits per heavy atom. The van der Waals surface area contributed by atoms with Crippen molar-refractivity contribution in [1.29, 1.82) is 0 Å². The van der Waals surface area contributed by atoms with Crippen LogP contribution in [0.25, 0.3) is 0 Å². The zero-order chi connectivity index (χ0) is 15.6. The fraction of sp³-hybridized carbons (Fsp3) is 0.533. The van der Waals surface area contributed by atoms with Gasteiger partial charge in [0.2, 0.25) is 0 Å². The maximum absolute atomic E-state index is 12.0. The molecule has 21 heavy (non-hydrogen) atoms. The topological polar surface area (TPSA) is 72.7 Å². The van der Waals surface area contributed by atoms with E-state index < -0.39 is 4.92 Å². The molecule has 0 amide bonds. The number of carbonyl (C=O) groups excluding carboxylic acids is 1. The molecular formula is C15H20N2O4.